The van der Waals surface area contributed by atoms with Gasteiger partial charge in [-0.05, 0) is 36.6 Å². The fraction of sp³-hybridized carbons (Fsp3) is 0.294. The summed E-state index contributed by atoms with van der Waals surface area (Å²) < 4.78 is 15.1. The van der Waals surface area contributed by atoms with Crippen LogP contribution >= 0.6 is 15.9 Å². The minimum Gasteiger partial charge on any atom is -0.383 e. The molecule has 0 radical (unpaired) electrons. The van der Waals surface area contributed by atoms with Crippen LogP contribution in [0.4, 0.5) is 10.2 Å². The van der Waals surface area contributed by atoms with Gasteiger partial charge in [-0.3, -0.25) is 0 Å². The molecule has 0 fully saturated rings. The molecule has 3 nitrogen and oxygen atoms in total. The summed E-state index contributed by atoms with van der Waals surface area (Å²) >= 11 is 3.36. The number of benzene rings is 1. The Hall–Kier alpha value is -1.93. The Morgan fingerprint density at radius 2 is 2.09 bits per heavy atom. The summed E-state index contributed by atoms with van der Waals surface area (Å²) in [7, 11) is 0. The SMILES string of the molecule is CCCc1nc(N)c(C#N)c(-c2cc(Br)ccc2F)c1CC. The van der Waals surface area contributed by atoms with Gasteiger partial charge in [0.25, 0.3) is 0 Å². The van der Waals surface area contributed by atoms with Gasteiger partial charge in [-0.1, -0.05) is 36.2 Å². The minimum atomic E-state index is -0.373. The molecular weight excluding hydrogens is 345 g/mol. The monoisotopic (exact) mass is 361 g/mol. The first-order valence-electron chi connectivity index (χ1n) is 7.20. The standard InChI is InChI=1S/C17H17BrFN3/c1-3-5-15-11(4-2)16(13(9-20)17(21)22-15)12-8-10(18)6-7-14(12)19/h6-8H,3-5H2,1-2H3,(H2,21,22). The number of aromatic nitrogens is 1. The van der Waals surface area contributed by atoms with E-state index in [0.717, 1.165) is 28.6 Å². The first-order chi connectivity index (χ1) is 10.5. The highest BCUT2D eigenvalue weighted by molar-refractivity contribution is 9.10. The highest BCUT2D eigenvalue weighted by Crippen LogP contribution is 2.35. The van der Waals surface area contributed by atoms with Gasteiger partial charge in [-0.2, -0.15) is 5.26 Å². The lowest BCUT2D eigenvalue weighted by atomic mass is 9.91. The fourth-order valence-electron chi connectivity index (χ4n) is 2.62. The van der Waals surface area contributed by atoms with Crippen molar-refractivity contribution in [3.63, 3.8) is 0 Å². The van der Waals surface area contributed by atoms with Crippen molar-refractivity contribution in [3.8, 4) is 17.2 Å². The molecule has 0 aliphatic heterocycles. The van der Waals surface area contributed by atoms with Gasteiger partial charge >= 0.3 is 0 Å². The molecule has 0 atom stereocenters. The van der Waals surface area contributed by atoms with Crippen molar-refractivity contribution in [2.75, 3.05) is 5.73 Å². The Labute approximate surface area is 138 Å². The van der Waals surface area contributed by atoms with Gasteiger partial charge in [0.15, 0.2) is 0 Å². The summed E-state index contributed by atoms with van der Waals surface area (Å²) in [6, 6.07) is 6.78. The molecule has 2 aromatic rings. The first-order valence-corrected chi connectivity index (χ1v) is 7.99. The molecule has 1 aromatic carbocycles. The number of anilines is 1. The Bertz CT molecular complexity index is 751. The Morgan fingerprint density at radius 1 is 1.36 bits per heavy atom. The van der Waals surface area contributed by atoms with Gasteiger partial charge in [-0.25, -0.2) is 9.37 Å². The Morgan fingerprint density at radius 3 is 2.68 bits per heavy atom. The van der Waals surface area contributed by atoms with E-state index in [1.165, 1.54) is 6.07 Å². The van der Waals surface area contributed by atoms with Crippen LogP contribution in [-0.4, -0.2) is 4.98 Å². The van der Waals surface area contributed by atoms with E-state index in [9.17, 15) is 9.65 Å². The molecule has 2 rings (SSSR count). The molecule has 0 spiro atoms. The van der Waals surface area contributed by atoms with E-state index in [1.54, 1.807) is 12.1 Å². The summed E-state index contributed by atoms with van der Waals surface area (Å²) in [5.41, 5.74) is 8.88. The summed E-state index contributed by atoms with van der Waals surface area (Å²) in [4.78, 5) is 4.36. The normalized spacial score (nSPS) is 10.5. The molecule has 0 saturated carbocycles. The van der Waals surface area contributed by atoms with Gasteiger partial charge in [0.05, 0.1) is 0 Å². The van der Waals surface area contributed by atoms with Crippen molar-refractivity contribution in [1.82, 2.24) is 4.98 Å². The van der Waals surface area contributed by atoms with Gasteiger partial charge < -0.3 is 5.73 Å². The number of rotatable bonds is 4. The van der Waals surface area contributed by atoms with E-state index in [1.807, 2.05) is 6.92 Å². The van der Waals surface area contributed by atoms with Crippen molar-refractivity contribution in [3.05, 3.63) is 45.3 Å². The number of nitrogens with zero attached hydrogens (tertiary/aromatic N) is 2. The van der Waals surface area contributed by atoms with E-state index in [-0.39, 0.29) is 17.2 Å². The second-order valence-corrected chi connectivity index (χ2v) is 5.93. The van der Waals surface area contributed by atoms with Crippen molar-refractivity contribution in [2.45, 2.75) is 33.1 Å². The predicted octanol–water partition coefficient (Wildman–Crippen LogP) is 4.62. The maximum absolute atomic E-state index is 14.3. The smallest absolute Gasteiger partial charge is 0.142 e. The third-order valence-electron chi connectivity index (χ3n) is 3.56. The zero-order valence-electron chi connectivity index (χ0n) is 12.6. The molecule has 0 bridgehead atoms. The molecule has 114 valence electrons. The summed E-state index contributed by atoms with van der Waals surface area (Å²) in [6.07, 6.45) is 2.33. The average molecular weight is 362 g/mol. The van der Waals surface area contributed by atoms with Crippen molar-refractivity contribution in [2.24, 2.45) is 0 Å². The second-order valence-electron chi connectivity index (χ2n) is 5.01. The van der Waals surface area contributed by atoms with Gasteiger partial charge in [0, 0.05) is 21.3 Å². The minimum absolute atomic E-state index is 0.164. The van der Waals surface area contributed by atoms with Crippen LogP contribution in [0.3, 0.4) is 0 Å². The van der Waals surface area contributed by atoms with Crippen LogP contribution in [0.5, 0.6) is 0 Å². The zero-order chi connectivity index (χ0) is 16.3. The molecule has 0 aliphatic rings. The number of halogens is 2. The van der Waals surface area contributed by atoms with E-state index in [0.29, 0.717) is 17.5 Å². The second kappa shape index (κ2) is 6.89. The summed E-state index contributed by atoms with van der Waals surface area (Å²) in [6.45, 7) is 4.03. The molecule has 0 amide bonds. The highest BCUT2D eigenvalue weighted by Gasteiger charge is 2.21. The fourth-order valence-corrected chi connectivity index (χ4v) is 2.98. The Kier molecular flexibility index (Phi) is 5.15. The third-order valence-corrected chi connectivity index (χ3v) is 4.05. The molecule has 0 aliphatic carbocycles. The van der Waals surface area contributed by atoms with Gasteiger partial charge in [-0.15, -0.1) is 0 Å². The average Bonchev–Trinajstić information content (AvgIpc) is 2.49. The molecule has 22 heavy (non-hydrogen) atoms. The van der Waals surface area contributed by atoms with Crippen LogP contribution in [-0.2, 0) is 12.8 Å². The number of hydrogen-bond acceptors (Lipinski definition) is 3. The van der Waals surface area contributed by atoms with Crippen molar-refractivity contribution >= 4 is 21.7 Å². The van der Waals surface area contributed by atoms with Crippen molar-refractivity contribution < 1.29 is 4.39 Å². The molecule has 1 heterocycles. The number of nitriles is 1. The third kappa shape index (κ3) is 2.97. The summed E-state index contributed by atoms with van der Waals surface area (Å²) in [5.74, 6) is -0.208. The van der Waals surface area contributed by atoms with E-state index in [4.69, 9.17) is 5.73 Å². The van der Waals surface area contributed by atoms with Crippen LogP contribution in [0.15, 0.2) is 22.7 Å². The van der Waals surface area contributed by atoms with Gasteiger partial charge in [0.1, 0.15) is 23.3 Å². The van der Waals surface area contributed by atoms with E-state index in [2.05, 4.69) is 33.9 Å². The largest absolute Gasteiger partial charge is 0.383 e. The predicted molar refractivity (Wildman–Crippen MR) is 89.8 cm³/mol. The van der Waals surface area contributed by atoms with Crippen LogP contribution in [0.1, 0.15) is 37.1 Å². The van der Waals surface area contributed by atoms with Crippen LogP contribution in [0.2, 0.25) is 0 Å². The zero-order valence-corrected chi connectivity index (χ0v) is 14.2. The molecule has 0 saturated heterocycles. The molecule has 5 heteroatoms. The van der Waals surface area contributed by atoms with Gasteiger partial charge in [0.2, 0.25) is 0 Å². The van der Waals surface area contributed by atoms with E-state index >= 15 is 0 Å². The van der Waals surface area contributed by atoms with E-state index < -0.39 is 0 Å². The highest BCUT2D eigenvalue weighted by atomic mass is 79.9. The van der Waals surface area contributed by atoms with Crippen LogP contribution in [0, 0.1) is 17.1 Å². The lowest BCUT2D eigenvalue weighted by Crippen LogP contribution is -2.08. The van der Waals surface area contributed by atoms with Crippen LogP contribution < -0.4 is 5.73 Å². The molecule has 0 unspecified atom stereocenters. The first kappa shape index (κ1) is 16.4. The Balaban J connectivity index is 2.88. The molecule has 2 N–H and O–H groups in total. The topological polar surface area (TPSA) is 62.7 Å². The maximum Gasteiger partial charge on any atom is 0.142 e. The van der Waals surface area contributed by atoms with Crippen LogP contribution in [0.25, 0.3) is 11.1 Å². The molecule has 1 aromatic heterocycles. The number of aryl methyl sites for hydroxylation is 1. The number of hydrogen-bond donors (Lipinski definition) is 1. The van der Waals surface area contributed by atoms with Crippen molar-refractivity contribution in [1.29, 1.82) is 5.26 Å². The number of nitrogens with two attached hydrogens (primary N) is 1. The lowest BCUT2D eigenvalue weighted by Gasteiger charge is -2.17. The lowest BCUT2D eigenvalue weighted by molar-refractivity contribution is 0.630. The number of pyridine rings is 1. The number of nitrogen functional groups attached to an aromatic ring is 1. The summed E-state index contributed by atoms with van der Waals surface area (Å²) in [5, 5.41) is 9.46. The quantitative estimate of drug-likeness (QED) is 0.863. The molecular formula is C17H17BrFN3. The maximum atomic E-state index is 14.3.